The molecule has 2 amide bonds. The van der Waals surface area contributed by atoms with Gasteiger partial charge in [0.25, 0.3) is 5.91 Å². The van der Waals surface area contributed by atoms with E-state index in [0.29, 0.717) is 35.2 Å². The fourth-order valence-electron chi connectivity index (χ4n) is 4.76. The minimum absolute atomic E-state index is 0.225. The van der Waals surface area contributed by atoms with Crippen LogP contribution in [-0.4, -0.2) is 46.9 Å². The number of hydrogen-bond donors (Lipinski definition) is 1. The van der Waals surface area contributed by atoms with Crippen LogP contribution in [0.3, 0.4) is 0 Å². The Labute approximate surface area is 189 Å². The van der Waals surface area contributed by atoms with Crippen LogP contribution in [0.1, 0.15) is 72.7 Å². The van der Waals surface area contributed by atoms with Gasteiger partial charge in [-0.1, -0.05) is 12.8 Å². The lowest BCUT2D eigenvalue weighted by atomic mass is 9.94. The molecular formula is C25H32N4O3. The van der Waals surface area contributed by atoms with Crippen molar-refractivity contribution in [1.82, 2.24) is 14.9 Å². The monoisotopic (exact) mass is 436 g/mol. The minimum Gasteiger partial charge on any atom is -0.497 e. The van der Waals surface area contributed by atoms with Crippen molar-refractivity contribution in [3.63, 3.8) is 0 Å². The van der Waals surface area contributed by atoms with Gasteiger partial charge in [-0.3, -0.25) is 9.59 Å². The zero-order valence-electron chi connectivity index (χ0n) is 19.0. The molecule has 4 rings (SSSR count). The van der Waals surface area contributed by atoms with Crippen LogP contribution in [0.2, 0.25) is 0 Å². The molecule has 7 heteroatoms. The smallest absolute Gasteiger partial charge is 0.259 e. The number of anilines is 1. The van der Waals surface area contributed by atoms with Crippen LogP contribution in [0.4, 0.5) is 5.69 Å². The second-order valence-corrected chi connectivity index (χ2v) is 8.92. The van der Waals surface area contributed by atoms with Gasteiger partial charge in [0.15, 0.2) is 0 Å². The van der Waals surface area contributed by atoms with E-state index in [1.54, 1.807) is 37.6 Å². The molecule has 2 fully saturated rings. The third-order valence-corrected chi connectivity index (χ3v) is 6.74. The fourth-order valence-corrected chi connectivity index (χ4v) is 4.76. The van der Waals surface area contributed by atoms with E-state index in [1.807, 2.05) is 11.8 Å². The second-order valence-electron chi connectivity index (χ2n) is 8.92. The highest BCUT2D eigenvalue weighted by Gasteiger charge is 2.28. The zero-order chi connectivity index (χ0) is 22.5. The van der Waals surface area contributed by atoms with Crippen molar-refractivity contribution in [3.8, 4) is 5.75 Å². The van der Waals surface area contributed by atoms with Gasteiger partial charge >= 0.3 is 0 Å². The molecule has 1 N–H and O–H groups in total. The molecule has 0 bridgehead atoms. The van der Waals surface area contributed by atoms with Crippen molar-refractivity contribution in [2.45, 2.75) is 57.8 Å². The SMILES string of the molecule is COc1ccc(NC(=O)c2cnc(C3CCN(C(=O)CC4CCCC4)CC3)nc2C)cc1. The Hall–Kier alpha value is -2.96. The number of nitrogens with one attached hydrogen (secondary N) is 1. The summed E-state index contributed by atoms with van der Waals surface area (Å²) in [7, 11) is 1.61. The van der Waals surface area contributed by atoms with Crippen LogP contribution in [0.5, 0.6) is 5.75 Å². The largest absolute Gasteiger partial charge is 0.497 e. The number of carbonyl (C=O) groups excluding carboxylic acids is 2. The number of rotatable bonds is 6. The van der Waals surface area contributed by atoms with Gasteiger partial charge in [-0.05, 0) is 62.8 Å². The lowest BCUT2D eigenvalue weighted by molar-refractivity contribution is -0.133. The predicted octanol–water partition coefficient (Wildman–Crippen LogP) is 4.33. The highest BCUT2D eigenvalue weighted by atomic mass is 16.5. The van der Waals surface area contributed by atoms with Crippen LogP contribution >= 0.6 is 0 Å². The molecule has 1 aromatic carbocycles. The number of methoxy groups -OCH3 is 1. The summed E-state index contributed by atoms with van der Waals surface area (Å²) < 4.78 is 5.14. The van der Waals surface area contributed by atoms with Gasteiger partial charge in [-0.25, -0.2) is 9.97 Å². The molecule has 32 heavy (non-hydrogen) atoms. The van der Waals surface area contributed by atoms with Crippen LogP contribution < -0.4 is 10.1 Å². The van der Waals surface area contributed by atoms with Gasteiger partial charge in [-0.2, -0.15) is 0 Å². The molecule has 1 aliphatic carbocycles. The first-order valence-corrected chi connectivity index (χ1v) is 11.6. The molecule has 1 aliphatic heterocycles. The summed E-state index contributed by atoms with van der Waals surface area (Å²) >= 11 is 0. The lowest BCUT2D eigenvalue weighted by Gasteiger charge is -2.32. The number of nitrogens with zero attached hydrogens (tertiary/aromatic N) is 3. The average Bonchev–Trinajstić information content (AvgIpc) is 3.32. The topological polar surface area (TPSA) is 84.4 Å². The Morgan fingerprint density at radius 3 is 2.41 bits per heavy atom. The average molecular weight is 437 g/mol. The second kappa shape index (κ2) is 10.1. The first-order valence-electron chi connectivity index (χ1n) is 11.6. The third-order valence-electron chi connectivity index (χ3n) is 6.74. The summed E-state index contributed by atoms with van der Waals surface area (Å²) in [5.41, 5.74) is 1.82. The summed E-state index contributed by atoms with van der Waals surface area (Å²) in [6.45, 7) is 3.37. The number of aromatic nitrogens is 2. The maximum absolute atomic E-state index is 12.7. The molecule has 0 spiro atoms. The Morgan fingerprint density at radius 1 is 1.09 bits per heavy atom. The van der Waals surface area contributed by atoms with E-state index in [-0.39, 0.29) is 11.8 Å². The number of hydrogen-bond acceptors (Lipinski definition) is 5. The Bertz CT molecular complexity index is 946. The molecule has 1 aromatic heterocycles. The van der Waals surface area contributed by atoms with E-state index in [1.165, 1.54) is 25.7 Å². The summed E-state index contributed by atoms with van der Waals surface area (Å²) in [5.74, 6) is 2.39. The quantitative estimate of drug-likeness (QED) is 0.728. The van der Waals surface area contributed by atoms with Crippen molar-refractivity contribution in [3.05, 3.63) is 47.5 Å². The van der Waals surface area contributed by atoms with Crippen LogP contribution in [0.15, 0.2) is 30.5 Å². The van der Waals surface area contributed by atoms with Gasteiger partial charge in [0, 0.05) is 37.3 Å². The maximum atomic E-state index is 12.7. The highest BCUT2D eigenvalue weighted by molar-refractivity contribution is 6.04. The van der Waals surface area contributed by atoms with Gasteiger partial charge in [0.05, 0.1) is 18.4 Å². The maximum Gasteiger partial charge on any atom is 0.259 e. The lowest BCUT2D eigenvalue weighted by Crippen LogP contribution is -2.38. The van der Waals surface area contributed by atoms with Crippen molar-refractivity contribution < 1.29 is 14.3 Å². The first kappa shape index (κ1) is 22.2. The van der Waals surface area contributed by atoms with Gasteiger partial charge in [-0.15, -0.1) is 0 Å². The number of carbonyl (C=O) groups is 2. The van der Waals surface area contributed by atoms with Crippen LogP contribution in [0, 0.1) is 12.8 Å². The molecule has 0 radical (unpaired) electrons. The van der Waals surface area contributed by atoms with Crippen molar-refractivity contribution in [2.75, 3.05) is 25.5 Å². The van der Waals surface area contributed by atoms with E-state index >= 15 is 0 Å². The standard InChI is InChI=1S/C25H32N4O3/c1-17-22(25(31)28-20-7-9-21(32-2)10-8-20)16-26-24(27-17)19-11-13-29(14-12-19)23(30)15-18-5-3-4-6-18/h7-10,16,18-19H,3-6,11-15H2,1-2H3,(H,28,31). The minimum atomic E-state index is -0.230. The molecule has 0 unspecified atom stereocenters. The van der Waals surface area contributed by atoms with E-state index in [2.05, 4.69) is 15.3 Å². The van der Waals surface area contributed by atoms with Crippen molar-refractivity contribution in [1.29, 1.82) is 0 Å². The molecular weight excluding hydrogens is 404 g/mol. The molecule has 2 heterocycles. The van der Waals surface area contributed by atoms with E-state index in [9.17, 15) is 9.59 Å². The van der Waals surface area contributed by atoms with E-state index in [4.69, 9.17) is 4.74 Å². The van der Waals surface area contributed by atoms with Gasteiger partial charge < -0.3 is 15.0 Å². The Kier molecular flexibility index (Phi) is 7.02. The number of ether oxygens (including phenoxy) is 1. The molecule has 2 aliphatic rings. The van der Waals surface area contributed by atoms with E-state index < -0.39 is 0 Å². The number of aryl methyl sites for hydroxylation is 1. The molecule has 7 nitrogen and oxygen atoms in total. The number of piperidine rings is 1. The van der Waals surface area contributed by atoms with Crippen LogP contribution in [0.25, 0.3) is 0 Å². The predicted molar refractivity (Wildman–Crippen MR) is 123 cm³/mol. The van der Waals surface area contributed by atoms with Crippen molar-refractivity contribution in [2.24, 2.45) is 5.92 Å². The first-order chi connectivity index (χ1) is 15.5. The summed E-state index contributed by atoms with van der Waals surface area (Å²) in [5, 5.41) is 2.88. The molecule has 2 aromatic rings. The van der Waals surface area contributed by atoms with Crippen molar-refractivity contribution >= 4 is 17.5 Å². The normalized spacial score (nSPS) is 17.4. The third kappa shape index (κ3) is 5.26. The molecule has 1 saturated heterocycles. The van der Waals surface area contributed by atoms with E-state index in [0.717, 1.165) is 37.5 Å². The number of benzene rings is 1. The Morgan fingerprint density at radius 2 is 1.78 bits per heavy atom. The molecule has 0 atom stereocenters. The zero-order valence-corrected chi connectivity index (χ0v) is 19.0. The molecule has 170 valence electrons. The Balaban J connectivity index is 1.32. The van der Waals surface area contributed by atoms with Gasteiger partial charge in [0.2, 0.25) is 5.91 Å². The van der Waals surface area contributed by atoms with Gasteiger partial charge in [0.1, 0.15) is 11.6 Å². The molecule has 1 saturated carbocycles. The fraction of sp³-hybridized carbons (Fsp3) is 0.520. The summed E-state index contributed by atoms with van der Waals surface area (Å²) in [4.78, 5) is 36.4. The number of amides is 2. The number of likely N-dealkylation sites (tertiary alicyclic amines) is 1. The highest BCUT2D eigenvalue weighted by Crippen LogP contribution is 2.30. The summed E-state index contributed by atoms with van der Waals surface area (Å²) in [6, 6.07) is 7.19. The van der Waals surface area contributed by atoms with Crippen LogP contribution in [-0.2, 0) is 4.79 Å². The summed E-state index contributed by atoms with van der Waals surface area (Å²) in [6.07, 6.45) is 9.00.